The molecular weight excluding hydrogens is 369 g/mol. The van der Waals surface area contributed by atoms with E-state index in [1.807, 2.05) is 11.0 Å². The van der Waals surface area contributed by atoms with Gasteiger partial charge in [0.15, 0.2) is 0 Å². The summed E-state index contributed by atoms with van der Waals surface area (Å²) in [5, 5.41) is 4.09. The number of halogens is 1. The van der Waals surface area contributed by atoms with Crippen molar-refractivity contribution in [2.45, 2.75) is 64.5 Å². The van der Waals surface area contributed by atoms with Gasteiger partial charge in [0.05, 0.1) is 11.2 Å². The molecule has 4 rings (SSSR count). The Bertz CT molecular complexity index is 907. The molecule has 2 aromatic rings. The van der Waals surface area contributed by atoms with Crippen LogP contribution in [0, 0.1) is 11.7 Å². The Kier molecular flexibility index (Phi) is 4.91. The van der Waals surface area contributed by atoms with Crippen LogP contribution in [0.4, 0.5) is 10.1 Å². The van der Waals surface area contributed by atoms with Gasteiger partial charge in [-0.15, -0.1) is 0 Å². The molecule has 1 unspecified atom stereocenters. The van der Waals surface area contributed by atoms with Gasteiger partial charge in [-0.1, -0.05) is 25.1 Å². The average molecular weight is 400 g/mol. The fourth-order valence-electron chi connectivity index (χ4n) is 5.21. The fourth-order valence-corrected chi connectivity index (χ4v) is 5.21. The van der Waals surface area contributed by atoms with Crippen LogP contribution in [0.2, 0.25) is 0 Å². The second-order valence-electron chi connectivity index (χ2n) is 9.62. The van der Waals surface area contributed by atoms with Crippen molar-refractivity contribution >= 4 is 11.6 Å². The maximum atomic E-state index is 13.8. The highest BCUT2D eigenvalue weighted by Gasteiger charge is 2.55. The molecule has 1 aromatic carbocycles. The Morgan fingerprint density at radius 2 is 2.10 bits per heavy atom. The molecule has 0 saturated carbocycles. The number of benzene rings is 1. The Hall–Kier alpha value is -2.37. The number of amides is 1. The monoisotopic (exact) mass is 399 g/mol. The lowest BCUT2D eigenvalue weighted by Crippen LogP contribution is -2.49. The fraction of sp³-hybridized carbons (Fsp3) is 0.565. The van der Waals surface area contributed by atoms with Crippen LogP contribution in [-0.2, 0) is 6.42 Å². The van der Waals surface area contributed by atoms with E-state index in [2.05, 4.69) is 37.8 Å². The predicted octanol–water partition coefficient (Wildman–Crippen LogP) is 4.68. The Morgan fingerprint density at radius 1 is 1.31 bits per heavy atom. The molecule has 2 aliphatic rings. The van der Waals surface area contributed by atoms with E-state index in [1.54, 1.807) is 18.2 Å². The Balaban J connectivity index is 1.60. The minimum Gasteiger partial charge on any atom is -0.364 e. The molecule has 1 aromatic heterocycles. The quantitative estimate of drug-likeness (QED) is 0.749. The number of hydrogen-bond acceptors (Lipinski definition) is 4. The van der Waals surface area contributed by atoms with E-state index >= 15 is 0 Å². The van der Waals surface area contributed by atoms with Gasteiger partial charge in [0.25, 0.3) is 5.91 Å². The molecule has 156 valence electrons. The van der Waals surface area contributed by atoms with E-state index in [4.69, 9.17) is 4.52 Å². The van der Waals surface area contributed by atoms with Gasteiger partial charge in [-0.2, -0.15) is 0 Å². The third-order valence-corrected chi connectivity index (χ3v) is 6.29. The largest absolute Gasteiger partial charge is 0.364 e. The van der Waals surface area contributed by atoms with Gasteiger partial charge in [0, 0.05) is 30.4 Å². The molecule has 29 heavy (non-hydrogen) atoms. The average Bonchev–Trinajstić information content (AvgIpc) is 3.32. The zero-order valence-electron chi connectivity index (χ0n) is 17.7. The summed E-state index contributed by atoms with van der Waals surface area (Å²) in [7, 11) is 0. The summed E-state index contributed by atoms with van der Waals surface area (Å²) in [4.78, 5) is 17.6. The van der Waals surface area contributed by atoms with Gasteiger partial charge in [0.2, 0.25) is 5.76 Å². The molecule has 0 aliphatic carbocycles. The maximum absolute atomic E-state index is 13.8. The van der Waals surface area contributed by atoms with Crippen LogP contribution in [0.5, 0.6) is 0 Å². The predicted molar refractivity (Wildman–Crippen MR) is 110 cm³/mol. The van der Waals surface area contributed by atoms with Crippen molar-refractivity contribution in [3.05, 3.63) is 47.6 Å². The van der Waals surface area contributed by atoms with Crippen molar-refractivity contribution in [3.63, 3.8) is 0 Å². The smallest absolute Gasteiger partial charge is 0.292 e. The SMILES string of the molecule is CC(C)Cc1cc(C(=O)N2CCCC23CN(c2cccc(F)c2)C(C)(C)C3)on1. The van der Waals surface area contributed by atoms with Gasteiger partial charge in [-0.25, -0.2) is 4.39 Å². The van der Waals surface area contributed by atoms with E-state index in [1.165, 1.54) is 6.07 Å². The van der Waals surface area contributed by atoms with Crippen molar-refractivity contribution < 1.29 is 13.7 Å². The lowest BCUT2D eigenvalue weighted by molar-refractivity contribution is 0.0575. The van der Waals surface area contributed by atoms with Crippen molar-refractivity contribution in [3.8, 4) is 0 Å². The number of hydrogen-bond donors (Lipinski definition) is 0. The van der Waals surface area contributed by atoms with Crippen molar-refractivity contribution in [1.82, 2.24) is 10.1 Å². The molecule has 2 aliphatic heterocycles. The van der Waals surface area contributed by atoms with Gasteiger partial charge in [-0.3, -0.25) is 4.79 Å². The van der Waals surface area contributed by atoms with Crippen LogP contribution in [-0.4, -0.2) is 40.1 Å². The van der Waals surface area contributed by atoms with Crippen molar-refractivity contribution in [2.75, 3.05) is 18.0 Å². The highest BCUT2D eigenvalue weighted by atomic mass is 19.1. The second kappa shape index (κ2) is 7.15. The molecule has 6 heteroatoms. The highest BCUT2D eigenvalue weighted by molar-refractivity contribution is 5.92. The molecule has 2 fully saturated rings. The Labute approximate surface area is 171 Å². The standard InChI is InChI=1S/C23H30FN3O2/c1-16(2)11-18-13-20(29-25-18)21(28)26-10-6-9-23(26)14-22(3,4)27(15-23)19-8-5-7-17(24)12-19/h5,7-8,12-13,16H,6,9-11,14-15H2,1-4H3. The minimum absolute atomic E-state index is 0.0816. The van der Waals surface area contributed by atoms with E-state index in [9.17, 15) is 9.18 Å². The van der Waals surface area contributed by atoms with Crippen LogP contribution >= 0.6 is 0 Å². The van der Waals surface area contributed by atoms with Crippen LogP contribution in [0.25, 0.3) is 0 Å². The normalized spacial score (nSPS) is 23.5. The second-order valence-corrected chi connectivity index (χ2v) is 9.62. The summed E-state index contributed by atoms with van der Waals surface area (Å²) in [5.41, 5.74) is 1.24. The molecule has 5 nitrogen and oxygen atoms in total. The number of carbonyl (C=O) groups excluding carboxylic acids is 1. The van der Waals surface area contributed by atoms with Gasteiger partial charge in [0.1, 0.15) is 5.82 Å². The molecule has 0 radical (unpaired) electrons. The molecule has 1 amide bonds. The van der Waals surface area contributed by atoms with E-state index in [0.29, 0.717) is 24.8 Å². The number of rotatable bonds is 4. The van der Waals surface area contributed by atoms with Crippen LogP contribution < -0.4 is 4.90 Å². The van der Waals surface area contributed by atoms with Gasteiger partial charge >= 0.3 is 0 Å². The van der Waals surface area contributed by atoms with Gasteiger partial charge in [-0.05, 0) is 63.6 Å². The first-order valence-electron chi connectivity index (χ1n) is 10.5. The maximum Gasteiger partial charge on any atom is 0.292 e. The summed E-state index contributed by atoms with van der Waals surface area (Å²) in [6, 6.07) is 8.52. The molecule has 1 spiro atoms. The number of anilines is 1. The molecular formula is C23H30FN3O2. The van der Waals surface area contributed by atoms with Crippen molar-refractivity contribution in [2.24, 2.45) is 5.92 Å². The Morgan fingerprint density at radius 3 is 2.83 bits per heavy atom. The lowest BCUT2D eigenvalue weighted by atomic mass is 9.87. The number of aromatic nitrogens is 1. The summed E-state index contributed by atoms with van der Waals surface area (Å²) in [6.07, 6.45) is 3.55. The summed E-state index contributed by atoms with van der Waals surface area (Å²) >= 11 is 0. The first-order valence-corrected chi connectivity index (χ1v) is 10.5. The molecule has 0 bridgehead atoms. The summed E-state index contributed by atoms with van der Waals surface area (Å²) < 4.78 is 19.3. The van der Waals surface area contributed by atoms with Crippen molar-refractivity contribution in [1.29, 1.82) is 0 Å². The lowest BCUT2D eigenvalue weighted by Gasteiger charge is -2.34. The van der Waals surface area contributed by atoms with Crippen LogP contribution in [0.1, 0.15) is 63.2 Å². The minimum atomic E-state index is -0.266. The number of carbonyl (C=O) groups is 1. The first-order chi connectivity index (χ1) is 13.7. The van der Waals surface area contributed by atoms with E-state index in [-0.39, 0.29) is 22.8 Å². The molecule has 2 saturated heterocycles. The summed E-state index contributed by atoms with van der Waals surface area (Å²) in [5.74, 6) is 0.459. The third kappa shape index (κ3) is 3.65. The van der Waals surface area contributed by atoms with Crippen LogP contribution in [0.3, 0.4) is 0 Å². The highest BCUT2D eigenvalue weighted by Crippen LogP contribution is 2.47. The van der Waals surface area contributed by atoms with E-state index in [0.717, 1.165) is 37.1 Å². The molecule has 3 heterocycles. The third-order valence-electron chi connectivity index (χ3n) is 6.29. The topological polar surface area (TPSA) is 49.6 Å². The van der Waals surface area contributed by atoms with Gasteiger partial charge < -0.3 is 14.3 Å². The molecule has 1 atom stereocenters. The number of nitrogens with zero attached hydrogens (tertiary/aromatic N) is 3. The number of likely N-dealkylation sites (tertiary alicyclic amines) is 1. The summed E-state index contributed by atoms with van der Waals surface area (Å²) in [6.45, 7) is 9.99. The van der Waals surface area contributed by atoms with Crippen LogP contribution in [0.15, 0.2) is 34.9 Å². The molecule has 0 N–H and O–H groups in total. The zero-order chi connectivity index (χ0) is 20.8. The zero-order valence-corrected chi connectivity index (χ0v) is 17.7. The van der Waals surface area contributed by atoms with E-state index < -0.39 is 0 Å². The first kappa shape index (κ1) is 19.9.